The monoisotopic (exact) mass is 212 g/mol. The van der Waals surface area contributed by atoms with Gasteiger partial charge in [-0.3, -0.25) is 5.01 Å². The van der Waals surface area contributed by atoms with E-state index in [1.165, 1.54) is 6.07 Å². The maximum Gasteiger partial charge on any atom is 0.128 e. The molecule has 0 bridgehead atoms. The molecule has 0 spiro atoms. The zero-order chi connectivity index (χ0) is 10.1. The number of hydrazone groups is 1. The number of hydrogen-bond acceptors (Lipinski definition) is 2. The van der Waals surface area contributed by atoms with Crippen LogP contribution in [0.4, 0.5) is 4.39 Å². The second kappa shape index (κ2) is 3.58. The van der Waals surface area contributed by atoms with Crippen molar-refractivity contribution in [2.24, 2.45) is 5.10 Å². The quantitative estimate of drug-likeness (QED) is 0.699. The Kier molecular flexibility index (Phi) is 2.42. The molecule has 0 N–H and O–H groups in total. The number of nitrogens with zero attached hydrogens (tertiary/aromatic N) is 2. The summed E-state index contributed by atoms with van der Waals surface area (Å²) in [4.78, 5) is 0. The van der Waals surface area contributed by atoms with Crippen molar-refractivity contribution in [3.63, 3.8) is 0 Å². The second-order valence-corrected chi connectivity index (χ2v) is 3.73. The highest BCUT2D eigenvalue weighted by molar-refractivity contribution is 6.65. The van der Waals surface area contributed by atoms with Gasteiger partial charge in [0.1, 0.15) is 11.0 Å². The number of benzene rings is 1. The lowest BCUT2D eigenvalue weighted by molar-refractivity contribution is 0.283. The molecule has 0 radical (unpaired) electrons. The summed E-state index contributed by atoms with van der Waals surface area (Å²) in [5.41, 5.74) is 0.648. The second-order valence-electron chi connectivity index (χ2n) is 3.29. The minimum absolute atomic E-state index is 0.0660. The molecule has 1 aliphatic heterocycles. The smallest absolute Gasteiger partial charge is 0.128 e. The molecule has 2 nitrogen and oxygen atoms in total. The molecule has 1 aromatic carbocycles. The van der Waals surface area contributed by atoms with Crippen LogP contribution in [0.3, 0.4) is 0 Å². The molecule has 14 heavy (non-hydrogen) atoms. The normalized spacial score (nSPS) is 21.2. The van der Waals surface area contributed by atoms with Gasteiger partial charge in [0, 0.05) is 19.0 Å². The van der Waals surface area contributed by atoms with E-state index in [2.05, 4.69) is 5.10 Å². The zero-order valence-electron chi connectivity index (χ0n) is 7.74. The van der Waals surface area contributed by atoms with Crippen LogP contribution in [0.2, 0.25) is 0 Å². The van der Waals surface area contributed by atoms with Crippen molar-refractivity contribution in [3.05, 3.63) is 35.6 Å². The number of halogens is 2. The fraction of sp³-hybridized carbons (Fsp3) is 0.300. The third-order valence-electron chi connectivity index (χ3n) is 2.34. The molecular weight excluding hydrogens is 203 g/mol. The lowest BCUT2D eigenvalue weighted by Gasteiger charge is -2.19. The van der Waals surface area contributed by atoms with Crippen LogP contribution in [-0.2, 0) is 0 Å². The van der Waals surface area contributed by atoms with Crippen LogP contribution >= 0.6 is 11.6 Å². The van der Waals surface area contributed by atoms with E-state index >= 15 is 0 Å². The summed E-state index contributed by atoms with van der Waals surface area (Å²) < 4.78 is 13.4. The lowest BCUT2D eigenvalue weighted by atomic mass is 10.0. The number of rotatable bonds is 1. The summed E-state index contributed by atoms with van der Waals surface area (Å²) in [6, 6.07) is 6.65. The molecule has 1 unspecified atom stereocenters. The molecule has 74 valence electrons. The molecule has 0 fully saturated rings. The maximum absolute atomic E-state index is 13.4. The van der Waals surface area contributed by atoms with Crippen LogP contribution in [0.25, 0.3) is 0 Å². The average molecular weight is 213 g/mol. The minimum atomic E-state index is -0.203. The first kappa shape index (κ1) is 9.46. The Labute approximate surface area is 87.0 Å². The first-order valence-corrected chi connectivity index (χ1v) is 4.76. The van der Waals surface area contributed by atoms with Gasteiger partial charge in [0.2, 0.25) is 0 Å². The summed E-state index contributed by atoms with van der Waals surface area (Å²) in [5, 5.41) is 6.26. The molecule has 1 aliphatic rings. The SMILES string of the molecule is CN1N=C(Cl)CC1c1ccccc1F. The largest absolute Gasteiger partial charge is 0.291 e. The standard InChI is InChI=1S/C10H10ClFN2/c1-14-9(6-10(11)13-14)7-4-2-3-5-8(7)12/h2-5,9H,6H2,1H3. The van der Waals surface area contributed by atoms with Gasteiger partial charge in [0.25, 0.3) is 0 Å². The predicted octanol–water partition coefficient (Wildman–Crippen LogP) is 2.75. The minimum Gasteiger partial charge on any atom is -0.291 e. The first-order valence-electron chi connectivity index (χ1n) is 4.38. The van der Waals surface area contributed by atoms with Crippen molar-refractivity contribution in [2.75, 3.05) is 7.05 Å². The van der Waals surface area contributed by atoms with Gasteiger partial charge in [-0.05, 0) is 6.07 Å². The average Bonchev–Trinajstić information content (AvgIpc) is 2.46. The molecule has 4 heteroatoms. The maximum atomic E-state index is 13.4. The third-order valence-corrected chi connectivity index (χ3v) is 2.57. The highest BCUT2D eigenvalue weighted by Crippen LogP contribution is 2.31. The van der Waals surface area contributed by atoms with Gasteiger partial charge < -0.3 is 0 Å². The summed E-state index contributed by atoms with van der Waals surface area (Å²) in [6.07, 6.45) is 0.582. The van der Waals surface area contributed by atoms with E-state index in [1.54, 1.807) is 24.2 Å². The van der Waals surface area contributed by atoms with E-state index in [4.69, 9.17) is 11.6 Å². The van der Waals surface area contributed by atoms with E-state index in [1.807, 2.05) is 6.07 Å². The Balaban J connectivity index is 2.30. The van der Waals surface area contributed by atoms with Crippen LogP contribution in [0.1, 0.15) is 18.0 Å². The highest BCUT2D eigenvalue weighted by atomic mass is 35.5. The Hall–Kier alpha value is -1.09. The highest BCUT2D eigenvalue weighted by Gasteiger charge is 2.26. The molecule has 1 heterocycles. The Morgan fingerprint density at radius 2 is 2.21 bits per heavy atom. The van der Waals surface area contributed by atoms with E-state index < -0.39 is 0 Å². The van der Waals surface area contributed by atoms with Gasteiger partial charge in [0.05, 0.1) is 6.04 Å². The zero-order valence-corrected chi connectivity index (χ0v) is 8.50. The Bertz CT molecular complexity index is 378. The third kappa shape index (κ3) is 1.60. The molecule has 1 atom stereocenters. The van der Waals surface area contributed by atoms with E-state index in [0.717, 1.165) is 0 Å². The summed E-state index contributed by atoms with van der Waals surface area (Å²) in [6.45, 7) is 0. The van der Waals surface area contributed by atoms with Crippen molar-refractivity contribution in [2.45, 2.75) is 12.5 Å². The molecule has 0 amide bonds. The van der Waals surface area contributed by atoms with Gasteiger partial charge >= 0.3 is 0 Å². The van der Waals surface area contributed by atoms with E-state index in [-0.39, 0.29) is 11.9 Å². The van der Waals surface area contributed by atoms with Crippen molar-refractivity contribution in [3.8, 4) is 0 Å². The van der Waals surface area contributed by atoms with E-state index in [0.29, 0.717) is 17.2 Å². The summed E-state index contributed by atoms with van der Waals surface area (Å²) in [5.74, 6) is -0.203. The molecule has 0 saturated heterocycles. The lowest BCUT2D eigenvalue weighted by Crippen LogP contribution is -2.15. The Morgan fingerprint density at radius 3 is 2.79 bits per heavy atom. The van der Waals surface area contributed by atoms with Crippen molar-refractivity contribution in [1.29, 1.82) is 0 Å². The van der Waals surface area contributed by atoms with Crippen LogP contribution < -0.4 is 0 Å². The van der Waals surface area contributed by atoms with E-state index in [9.17, 15) is 4.39 Å². The topological polar surface area (TPSA) is 15.6 Å². The van der Waals surface area contributed by atoms with Crippen LogP contribution in [0.15, 0.2) is 29.4 Å². The first-order chi connectivity index (χ1) is 6.68. The predicted molar refractivity (Wildman–Crippen MR) is 54.8 cm³/mol. The molecule has 0 saturated carbocycles. The fourth-order valence-corrected chi connectivity index (χ4v) is 1.90. The molecular formula is C10H10ClFN2. The van der Waals surface area contributed by atoms with Gasteiger partial charge in [-0.2, -0.15) is 5.10 Å². The van der Waals surface area contributed by atoms with Crippen molar-refractivity contribution >= 4 is 16.8 Å². The van der Waals surface area contributed by atoms with Gasteiger partial charge in [-0.25, -0.2) is 4.39 Å². The molecule has 0 aromatic heterocycles. The van der Waals surface area contributed by atoms with Crippen LogP contribution in [-0.4, -0.2) is 17.2 Å². The molecule has 2 rings (SSSR count). The number of hydrogen-bond donors (Lipinski definition) is 0. The van der Waals surface area contributed by atoms with Gasteiger partial charge in [-0.15, -0.1) is 0 Å². The Morgan fingerprint density at radius 1 is 1.50 bits per heavy atom. The summed E-state index contributed by atoms with van der Waals surface area (Å²) >= 11 is 5.79. The van der Waals surface area contributed by atoms with Crippen molar-refractivity contribution < 1.29 is 4.39 Å². The van der Waals surface area contributed by atoms with Crippen LogP contribution in [0.5, 0.6) is 0 Å². The van der Waals surface area contributed by atoms with Crippen molar-refractivity contribution in [1.82, 2.24) is 5.01 Å². The molecule has 1 aromatic rings. The van der Waals surface area contributed by atoms with Gasteiger partial charge in [-0.1, -0.05) is 29.8 Å². The molecule has 0 aliphatic carbocycles. The summed E-state index contributed by atoms with van der Waals surface area (Å²) in [7, 11) is 1.80. The van der Waals surface area contributed by atoms with Crippen LogP contribution in [0, 0.1) is 5.82 Å². The fourth-order valence-electron chi connectivity index (χ4n) is 1.63. The van der Waals surface area contributed by atoms with Gasteiger partial charge in [0.15, 0.2) is 0 Å².